The van der Waals surface area contributed by atoms with E-state index in [1.165, 1.54) is 0 Å². The highest BCUT2D eigenvalue weighted by atomic mass is 19.4. The molecule has 5 heteroatoms. The van der Waals surface area contributed by atoms with Gasteiger partial charge in [-0.3, -0.25) is 0 Å². The fourth-order valence-corrected chi connectivity index (χ4v) is 8.14. The highest BCUT2D eigenvalue weighted by Crippen LogP contribution is 2.67. The van der Waals surface area contributed by atoms with Gasteiger partial charge in [0.2, 0.25) is 0 Å². The number of allylic oxidation sites excluding steroid dienone is 1. The largest absolute Gasteiger partial charge is 0.416 e. The first-order chi connectivity index (χ1) is 15.3. The summed E-state index contributed by atoms with van der Waals surface area (Å²) in [6.07, 6.45) is 1.65. The first kappa shape index (κ1) is 21.9. The molecule has 0 radical (unpaired) electrons. The summed E-state index contributed by atoms with van der Waals surface area (Å²) in [5.74, 6) is 0.619. The van der Waals surface area contributed by atoms with Gasteiger partial charge in [0.15, 0.2) is 5.60 Å². The van der Waals surface area contributed by atoms with Gasteiger partial charge in [-0.2, -0.15) is 13.2 Å². The van der Waals surface area contributed by atoms with Crippen LogP contribution in [0.3, 0.4) is 0 Å². The van der Waals surface area contributed by atoms with Crippen LogP contribution in [0, 0.1) is 40.4 Å². The number of halogens is 3. The quantitative estimate of drug-likeness (QED) is 0.443. The monoisotopic (exact) mass is 458 g/mol. The zero-order valence-electron chi connectivity index (χ0n) is 22.4. The minimum atomic E-state index is -4.63. The van der Waals surface area contributed by atoms with Crippen LogP contribution in [0.15, 0.2) is 11.6 Å². The number of aliphatic hydroxyl groups is 2. The normalized spacial score (nSPS) is 49.5. The van der Waals surface area contributed by atoms with Crippen molar-refractivity contribution in [3.8, 4) is 0 Å². The van der Waals surface area contributed by atoms with Gasteiger partial charge in [0, 0.05) is 2.74 Å². The Kier molecular flexibility index (Phi) is 5.30. The average molecular weight is 459 g/mol. The molecule has 0 spiro atoms. The van der Waals surface area contributed by atoms with E-state index in [1.807, 2.05) is 19.9 Å². The second-order valence-corrected chi connectivity index (χ2v) is 12.7. The summed E-state index contributed by atoms with van der Waals surface area (Å²) in [5.41, 5.74) is -2.55. The molecule has 184 valence electrons. The average Bonchev–Trinajstić information content (AvgIpc) is 3.03. The van der Waals surface area contributed by atoms with Gasteiger partial charge in [-0.05, 0) is 118 Å². The third-order valence-corrected chi connectivity index (χ3v) is 10.5. The SMILES string of the molecule is [2H]C1([2H])C=C2C[C@@](C)(O)CC[C@]2(C)C2CC[C@@]3(C)C(CC[C@@H]3[C@H](C)CC[C@](C)(O)C(F)(F)F)C21. The van der Waals surface area contributed by atoms with E-state index in [4.69, 9.17) is 2.74 Å². The van der Waals surface area contributed by atoms with Gasteiger partial charge in [0.1, 0.15) is 0 Å². The summed E-state index contributed by atoms with van der Waals surface area (Å²) < 4.78 is 57.7. The molecule has 0 saturated heterocycles. The highest BCUT2D eigenvalue weighted by Gasteiger charge is 2.60. The zero-order chi connectivity index (χ0) is 25.5. The van der Waals surface area contributed by atoms with Crippen molar-refractivity contribution in [2.75, 3.05) is 0 Å². The van der Waals surface area contributed by atoms with Gasteiger partial charge < -0.3 is 10.2 Å². The van der Waals surface area contributed by atoms with Crippen molar-refractivity contribution in [1.29, 1.82) is 0 Å². The van der Waals surface area contributed by atoms with Crippen molar-refractivity contribution in [2.45, 2.75) is 116 Å². The molecule has 32 heavy (non-hydrogen) atoms. The molecule has 0 aromatic carbocycles. The second-order valence-electron chi connectivity index (χ2n) is 12.7. The first-order valence-electron chi connectivity index (χ1n) is 13.6. The first-order valence-corrected chi connectivity index (χ1v) is 12.6. The number of fused-ring (bicyclic) bond motifs is 5. The number of rotatable bonds is 4. The van der Waals surface area contributed by atoms with Crippen LogP contribution in [-0.2, 0) is 0 Å². The van der Waals surface area contributed by atoms with E-state index >= 15 is 0 Å². The molecule has 0 aromatic heterocycles. The Morgan fingerprint density at radius 3 is 2.47 bits per heavy atom. The van der Waals surface area contributed by atoms with Crippen molar-refractivity contribution >= 4 is 0 Å². The van der Waals surface area contributed by atoms with Crippen LogP contribution < -0.4 is 0 Å². The maximum absolute atomic E-state index is 13.2. The maximum Gasteiger partial charge on any atom is 0.416 e. The van der Waals surface area contributed by atoms with Gasteiger partial charge in [-0.1, -0.05) is 32.4 Å². The summed E-state index contributed by atoms with van der Waals surface area (Å²) in [6.45, 7) is 9.28. The highest BCUT2D eigenvalue weighted by molar-refractivity contribution is 5.26. The lowest BCUT2D eigenvalue weighted by atomic mass is 9.46. The van der Waals surface area contributed by atoms with Gasteiger partial charge in [-0.15, -0.1) is 0 Å². The fourth-order valence-electron chi connectivity index (χ4n) is 8.14. The molecular weight excluding hydrogens is 413 g/mol. The van der Waals surface area contributed by atoms with Gasteiger partial charge in [-0.25, -0.2) is 0 Å². The third kappa shape index (κ3) is 3.87. The van der Waals surface area contributed by atoms with Crippen LogP contribution in [0.4, 0.5) is 13.2 Å². The predicted molar refractivity (Wildman–Crippen MR) is 121 cm³/mol. The lowest BCUT2D eigenvalue weighted by Crippen LogP contribution is -2.52. The Balaban J connectivity index is 1.58. The molecule has 0 bridgehead atoms. The fraction of sp³-hybridized carbons (Fsp3) is 0.926. The minimum Gasteiger partial charge on any atom is -0.390 e. The molecular formula is C27H43F3O2. The van der Waals surface area contributed by atoms with Crippen molar-refractivity contribution in [1.82, 2.24) is 0 Å². The van der Waals surface area contributed by atoms with E-state index in [1.54, 1.807) is 0 Å². The molecule has 4 aliphatic rings. The lowest BCUT2D eigenvalue weighted by Gasteiger charge is -2.59. The Morgan fingerprint density at radius 1 is 1.12 bits per heavy atom. The standard InChI is InChI=1S/C27H43F3O2/c1-17(10-13-26(5,32)27(28,29)30)20-8-9-21-19-7-6-18-16-23(2,31)14-15-24(18,3)22(19)11-12-25(20,21)4/h6,17,19-22,31-32H,7-16H2,1-5H3/t17-,19?,20-,21?,22?,23+,24+,25-,26+/m1/s1/i7D2. The molecule has 4 rings (SSSR count). The van der Waals surface area contributed by atoms with E-state index < -0.39 is 23.8 Å². The van der Waals surface area contributed by atoms with Crippen LogP contribution in [0.25, 0.3) is 0 Å². The molecule has 2 nitrogen and oxygen atoms in total. The van der Waals surface area contributed by atoms with Gasteiger partial charge in [0.05, 0.1) is 5.60 Å². The number of hydrogen-bond donors (Lipinski definition) is 2. The Bertz CT molecular complexity index is 836. The zero-order valence-corrected chi connectivity index (χ0v) is 20.4. The second kappa shape index (κ2) is 7.73. The van der Waals surface area contributed by atoms with Crippen molar-refractivity contribution in [2.24, 2.45) is 40.4 Å². The van der Waals surface area contributed by atoms with E-state index in [0.717, 1.165) is 51.0 Å². The lowest BCUT2D eigenvalue weighted by molar-refractivity contribution is -0.256. The van der Waals surface area contributed by atoms with Gasteiger partial charge in [0.25, 0.3) is 0 Å². The molecule has 0 aromatic rings. The molecule has 0 amide bonds. The number of alkyl halides is 3. The third-order valence-electron chi connectivity index (χ3n) is 10.5. The molecule has 0 heterocycles. The Morgan fingerprint density at radius 2 is 1.81 bits per heavy atom. The Hall–Kier alpha value is -0.550. The molecule has 9 atom stereocenters. The van der Waals surface area contributed by atoms with E-state index in [-0.39, 0.29) is 46.8 Å². The maximum atomic E-state index is 13.2. The molecule has 0 aliphatic heterocycles. The Labute approximate surface area is 194 Å². The molecule has 4 aliphatic carbocycles. The predicted octanol–water partition coefficient (Wildman–Crippen LogP) is 7.05. The molecule has 3 saturated carbocycles. The summed E-state index contributed by atoms with van der Waals surface area (Å²) >= 11 is 0. The van der Waals surface area contributed by atoms with Crippen LogP contribution >= 0.6 is 0 Å². The van der Waals surface area contributed by atoms with Crippen molar-refractivity contribution in [3.63, 3.8) is 0 Å². The summed E-state index contributed by atoms with van der Waals surface area (Å²) in [5, 5.41) is 20.6. The smallest absolute Gasteiger partial charge is 0.390 e. The van der Waals surface area contributed by atoms with Crippen molar-refractivity contribution < 1.29 is 26.1 Å². The van der Waals surface area contributed by atoms with Crippen LogP contribution in [0.1, 0.15) is 102 Å². The van der Waals surface area contributed by atoms with Crippen LogP contribution in [0.5, 0.6) is 0 Å². The van der Waals surface area contributed by atoms with E-state index in [0.29, 0.717) is 12.8 Å². The van der Waals surface area contributed by atoms with Gasteiger partial charge >= 0.3 is 6.18 Å². The van der Waals surface area contributed by atoms with Crippen LogP contribution in [-0.4, -0.2) is 27.6 Å². The number of hydrogen-bond acceptors (Lipinski definition) is 2. The summed E-state index contributed by atoms with van der Waals surface area (Å²) in [4.78, 5) is 0. The van der Waals surface area contributed by atoms with Crippen molar-refractivity contribution in [3.05, 3.63) is 11.6 Å². The molecule has 3 unspecified atom stereocenters. The van der Waals surface area contributed by atoms with Crippen LogP contribution in [0.2, 0.25) is 0 Å². The topological polar surface area (TPSA) is 40.5 Å². The molecule has 2 N–H and O–H groups in total. The summed E-state index contributed by atoms with van der Waals surface area (Å²) in [6, 6.07) is 0. The molecule has 3 fully saturated rings. The minimum absolute atomic E-state index is 0.0429. The van der Waals surface area contributed by atoms with E-state index in [2.05, 4.69) is 13.8 Å². The summed E-state index contributed by atoms with van der Waals surface area (Å²) in [7, 11) is 0. The van der Waals surface area contributed by atoms with E-state index in [9.17, 15) is 23.4 Å².